The number of nitrogens with zero attached hydrogens (tertiary/aromatic N) is 2. The van der Waals surface area contributed by atoms with Crippen LogP contribution in [0.15, 0.2) is 60.9 Å². The van der Waals surface area contributed by atoms with Crippen LogP contribution in [0.1, 0.15) is 43.7 Å². The molecule has 198 valence electrons. The zero-order valence-electron chi connectivity index (χ0n) is 21.8. The van der Waals surface area contributed by atoms with Crippen LogP contribution in [0.25, 0.3) is 0 Å². The lowest BCUT2D eigenvalue weighted by atomic mass is 9.74. The van der Waals surface area contributed by atoms with Crippen molar-refractivity contribution < 1.29 is 19.1 Å². The van der Waals surface area contributed by atoms with Crippen LogP contribution in [0.2, 0.25) is 0 Å². The highest BCUT2D eigenvalue weighted by atomic mass is 16.5. The van der Waals surface area contributed by atoms with Crippen LogP contribution in [-0.4, -0.2) is 51.4 Å². The van der Waals surface area contributed by atoms with Crippen molar-refractivity contribution in [3.05, 3.63) is 72.1 Å². The first-order chi connectivity index (χ1) is 18.4. The molecule has 2 bridgehead atoms. The van der Waals surface area contributed by atoms with E-state index in [1.807, 2.05) is 55.5 Å². The molecule has 5 unspecified atom stereocenters. The summed E-state index contributed by atoms with van der Waals surface area (Å²) in [5.41, 5.74) is 1.34. The summed E-state index contributed by atoms with van der Waals surface area (Å²) in [7, 11) is 0. The van der Waals surface area contributed by atoms with Crippen LogP contribution in [0, 0.1) is 24.7 Å². The van der Waals surface area contributed by atoms with Gasteiger partial charge in [0.1, 0.15) is 11.6 Å². The number of ether oxygens (including phenoxy) is 1. The van der Waals surface area contributed by atoms with Gasteiger partial charge in [-0.2, -0.15) is 0 Å². The Labute approximate surface area is 222 Å². The van der Waals surface area contributed by atoms with Gasteiger partial charge in [0, 0.05) is 30.7 Å². The summed E-state index contributed by atoms with van der Waals surface area (Å²) >= 11 is 0. The van der Waals surface area contributed by atoms with E-state index in [4.69, 9.17) is 4.74 Å². The maximum Gasteiger partial charge on any atom is 0.246 e. The quantitative estimate of drug-likeness (QED) is 0.576. The fourth-order valence-corrected chi connectivity index (χ4v) is 6.87. The second kappa shape index (κ2) is 9.66. The van der Waals surface area contributed by atoms with Crippen LogP contribution in [-0.2, 0) is 25.7 Å². The molecular formula is C30H34N4O4. The smallest absolute Gasteiger partial charge is 0.246 e. The first-order valence-electron chi connectivity index (χ1n) is 13.6. The number of carbonyl (C=O) groups is 3. The molecule has 1 aromatic heterocycles. The van der Waals surface area contributed by atoms with Crippen molar-refractivity contribution in [2.45, 2.75) is 69.9 Å². The lowest BCUT2D eigenvalue weighted by molar-refractivity contribution is -0.142. The molecule has 3 fully saturated rings. The number of rotatable bonds is 6. The molecule has 2 aromatic rings. The van der Waals surface area contributed by atoms with Gasteiger partial charge in [0.15, 0.2) is 0 Å². The maximum absolute atomic E-state index is 14.1. The molecule has 1 aliphatic carbocycles. The highest BCUT2D eigenvalue weighted by molar-refractivity contribution is 6.02. The highest BCUT2D eigenvalue weighted by Gasteiger charge is 2.72. The Morgan fingerprint density at radius 1 is 1.16 bits per heavy atom. The molecule has 4 heterocycles. The fourth-order valence-electron chi connectivity index (χ4n) is 6.87. The number of aromatic nitrogens is 1. The zero-order chi connectivity index (χ0) is 26.4. The third-order valence-corrected chi connectivity index (χ3v) is 8.73. The van der Waals surface area contributed by atoms with Crippen LogP contribution < -0.4 is 10.6 Å². The number of hydrogen-bond donors (Lipinski definition) is 2. The molecule has 2 saturated heterocycles. The Bertz CT molecular complexity index is 1280. The largest absolute Gasteiger partial charge is 0.359 e. The molecule has 1 spiro atoms. The summed E-state index contributed by atoms with van der Waals surface area (Å²) in [6, 6.07) is 10.5. The number of fused-ring (bicyclic) bond motifs is 1. The second-order valence-corrected chi connectivity index (χ2v) is 11.3. The molecule has 2 N–H and O–H groups in total. The summed E-state index contributed by atoms with van der Waals surface area (Å²) in [4.78, 5) is 47.5. The number of hydrogen-bond acceptors (Lipinski definition) is 5. The van der Waals surface area contributed by atoms with Gasteiger partial charge in [-0.15, -0.1) is 0 Å². The van der Waals surface area contributed by atoms with Crippen molar-refractivity contribution in [1.82, 2.24) is 15.2 Å². The van der Waals surface area contributed by atoms with E-state index in [1.165, 1.54) is 6.42 Å². The minimum atomic E-state index is -1.18. The van der Waals surface area contributed by atoms with Crippen molar-refractivity contribution in [2.24, 2.45) is 17.8 Å². The van der Waals surface area contributed by atoms with Gasteiger partial charge in [-0.05, 0) is 55.0 Å². The summed E-state index contributed by atoms with van der Waals surface area (Å²) < 4.78 is 6.46. The van der Waals surface area contributed by atoms with Crippen molar-refractivity contribution in [3.8, 4) is 0 Å². The van der Waals surface area contributed by atoms with Gasteiger partial charge < -0.3 is 20.3 Å². The van der Waals surface area contributed by atoms with E-state index in [9.17, 15) is 14.4 Å². The van der Waals surface area contributed by atoms with Crippen molar-refractivity contribution in [3.63, 3.8) is 0 Å². The third-order valence-electron chi connectivity index (χ3n) is 8.73. The Hall–Kier alpha value is -3.52. The lowest BCUT2D eigenvalue weighted by Crippen LogP contribution is -2.57. The number of benzene rings is 1. The SMILES string of the molecule is Cc1cccc(NC(=O)C2[C@H]3C=CC4(O3)C(C(=O)NC3CCCCC3C)N(Cc3cccnc3)C(=O)[C@@H]24)c1. The molecule has 3 amide bonds. The van der Waals surface area contributed by atoms with Crippen molar-refractivity contribution in [1.29, 1.82) is 0 Å². The van der Waals surface area contributed by atoms with Crippen LogP contribution in [0.5, 0.6) is 0 Å². The zero-order valence-corrected chi connectivity index (χ0v) is 21.8. The summed E-state index contributed by atoms with van der Waals surface area (Å²) in [6.45, 7) is 4.35. The molecule has 38 heavy (non-hydrogen) atoms. The molecule has 8 heteroatoms. The van der Waals surface area contributed by atoms with E-state index in [0.717, 1.165) is 30.4 Å². The molecule has 3 aliphatic heterocycles. The normalized spacial score (nSPS) is 33.3. The highest BCUT2D eigenvalue weighted by Crippen LogP contribution is 2.55. The van der Waals surface area contributed by atoms with Crippen LogP contribution in [0.4, 0.5) is 5.69 Å². The van der Waals surface area contributed by atoms with Crippen molar-refractivity contribution >= 4 is 23.4 Å². The standard InChI is InChI=1S/C30H34N4O4/c1-18-7-5-10-21(15-18)32-27(35)24-23-12-13-30(38-23)25(24)29(37)34(17-20-9-6-14-31-16-20)26(30)28(36)33-22-11-4-3-8-19(22)2/h5-7,9-10,12-16,19,22-26H,3-4,8,11,17H2,1-2H3,(H,32,35)(H,33,36)/t19?,22?,23-,24?,25-,26?,30?/m1/s1. The van der Waals surface area contributed by atoms with Gasteiger partial charge in [0.25, 0.3) is 0 Å². The number of nitrogens with one attached hydrogen (secondary N) is 2. The van der Waals surface area contributed by atoms with E-state index >= 15 is 0 Å². The van der Waals surface area contributed by atoms with E-state index in [1.54, 1.807) is 17.3 Å². The molecule has 0 radical (unpaired) electrons. The van der Waals surface area contributed by atoms with E-state index in [0.29, 0.717) is 11.6 Å². The van der Waals surface area contributed by atoms with Gasteiger partial charge in [0.05, 0.1) is 17.9 Å². The fraction of sp³-hybridized carbons (Fsp3) is 0.467. The Morgan fingerprint density at radius 2 is 2.00 bits per heavy atom. The molecule has 6 rings (SSSR count). The molecule has 4 aliphatic rings. The first kappa shape index (κ1) is 24.8. The van der Waals surface area contributed by atoms with Crippen LogP contribution >= 0.6 is 0 Å². The maximum atomic E-state index is 14.1. The first-order valence-corrected chi connectivity index (χ1v) is 13.6. The minimum absolute atomic E-state index is 0.0602. The average molecular weight is 515 g/mol. The lowest BCUT2D eigenvalue weighted by Gasteiger charge is -2.36. The summed E-state index contributed by atoms with van der Waals surface area (Å²) in [6.07, 6.45) is 10.8. The van der Waals surface area contributed by atoms with Crippen molar-refractivity contribution in [2.75, 3.05) is 5.32 Å². The van der Waals surface area contributed by atoms with Gasteiger partial charge in [-0.1, -0.05) is 50.1 Å². The van der Waals surface area contributed by atoms with Gasteiger partial charge in [-0.25, -0.2) is 0 Å². The topological polar surface area (TPSA) is 101 Å². The number of anilines is 1. The monoisotopic (exact) mass is 514 g/mol. The molecule has 8 nitrogen and oxygen atoms in total. The minimum Gasteiger partial charge on any atom is -0.359 e. The van der Waals surface area contributed by atoms with Gasteiger partial charge in [-0.3, -0.25) is 19.4 Å². The summed E-state index contributed by atoms with van der Waals surface area (Å²) in [5.74, 6) is -1.85. The Kier molecular flexibility index (Phi) is 6.30. The number of amides is 3. The van der Waals surface area contributed by atoms with Gasteiger partial charge in [0.2, 0.25) is 17.7 Å². The van der Waals surface area contributed by atoms with Crippen LogP contribution in [0.3, 0.4) is 0 Å². The number of carbonyl (C=O) groups excluding carboxylic acids is 3. The average Bonchev–Trinajstić information content (AvgIpc) is 3.54. The molecular weight excluding hydrogens is 480 g/mol. The molecule has 1 aromatic carbocycles. The predicted octanol–water partition coefficient (Wildman–Crippen LogP) is 3.37. The van der Waals surface area contributed by atoms with E-state index in [2.05, 4.69) is 22.5 Å². The predicted molar refractivity (Wildman–Crippen MR) is 142 cm³/mol. The number of pyridine rings is 1. The Morgan fingerprint density at radius 3 is 2.76 bits per heavy atom. The van der Waals surface area contributed by atoms with E-state index < -0.39 is 29.6 Å². The summed E-state index contributed by atoms with van der Waals surface area (Å²) in [5, 5.41) is 6.25. The molecule has 7 atom stereocenters. The third kappa shape index (κ3) is 4.11. The number of likely N-dealkylation sites (tertiary alicyclic amines) is 1. The number of aryl methyl sites for hydroxylation is 1. The van der Waals surface area contributed by atoms with Gasteiger partial charge >= 0.3 is 0 Å². The Balaban J connectivity index is 1.33. The second-order valence-electron chi connectivity index (χ2n) is 11.3. The molecule has 1 saturated carbocycles. The van der Waals surface area contributed by atoms with E-state index in [-0.39, 0.29) is 30.3 Å².